The first kappa shape index (κ1) is 28.4. The van der Waals surface area contributed by atoms with Crippen LogP contribution in [0.2, 0.25) is 0 Å². The summed E-state index contributed by atoms with van der Waals surface area (Å²) in [4.78, 5) is 22.2. The zero-order valence-corrected chi connectivity index (χ0v) is 22.9. The van der Waals surface area contributed by atoms with Crippen LogP contribution in [0.1, 0.15) is 54.9 Å². The average Bonchev–Trinajstić information content (AvgIpc) is 2.95. The van der Waals surface area contributed by atoms with Crippen molar-refractivity contribution in [3.63, 3.8) is 0 Å². The monoisotopic (exact) mass is 554 g/mol. The Hall–Kier alpha value is -3.57. The van der Waals surface area contributed by atoms with Crippen molar-refractivity contribution in [2.75, 3.05) is 42.1 Å². The second-order valence-electron chi connectivity index (χ2n) is 9.48. The Morgan fingerprint density at radius 2 is 1.69 bits per heavy atom. The summed E-state index contributed by atoms with van der Waals surface area (Å²) in [5.74, 6) is 0.0666. The predicted octanol–water partition coefficient (Wildman–Crippen LogP) is 4.91. The number of aromatic nitrogens is 2. The van der Waals surface area contributed by atoms with Crippen LogP contribution in [0, 0.1) is 5.82 Å². The Bertz CT molecular complexity index is 1340. The lowest BCUT2D eigenvalue weighted by atomic mass is 10.1. The summed E-state index contributed by atoms with van der Waals surface area (Å²) in [5, 5.41) is 9.19. The van der Waals surface area contributed by atoms with Crippen molar-refractivity contribution in [2.24, 2.45) is 0 Å². The van der Waals surface area contributed by atoms with Crippen LogP contribution in [-0.2, 0) is 16.4 Å². The molecule has 0 atom stereocenters. The van der Waals surface area contributed by atoms with Crippen molar-refractivity contribution >= 4 is 33.4 Å². The topological polar surface area (TPSA) is 116 Å². The molecule has 0 bridgehead atoms. The van der Waals surface area contributed by atoms with Crippen molar-refractivity contribution in [1.29, 1.82) is 0 Å². The number of amides is 1. The molecular weight excluding hydrogens is 519 g/mol. The van der Waals surface area contributed by atoms with Gasteiger partial charge in [-0.1, -0.05) is 31.9 Å². The molecule has 1 amide bonds. The van der Waals surface area contributed by atoms with Gasteiger partial charge in [-0.2, -0.15) is 9.29 Å². The Kier molecular flexibility index (Phi) is 9.83. The van der Waals surface area contributed by atoms with Gasteiger partial charge in [-0.3, -0.25) is 4.79 Å². The van der Waals surface area contributed by atoms with Gasteiger partial charge in [-0.25, -0.2) is 17.8 Å². The van der Waals surface area contributed by atoms with Crippen LogP contribution in [0.5, 0.6) is 0 Å². The Morgan fingerprint density at radius 3 is 2.38 bits per heavy atom. The Balaban J connectivity index is 1.46. The van der Waals surface area contributed by atoms with Gasteiger partial charge in [0.2, 0.25) is 16.0 Å². The molecule has 11 heteroatoms. The van der Waals surface area contributed by atoms with Crippen molar-refractivity contribution in [2.45, 2.75) is 50.3 Å². The van der Waals surface area contributed by atoms with Crippen molar-refractivity contribution < 1.29 is 17.6 Å². The molecule has 3 N–H and O–H groups in total. The molecule has 208 valence electrons. The number of benzene rings is 2. The highest BCUT2D eigenvalue weighted by Gasteiger charge is 2.26. The normalized spacial score (nSPS) is 14.1. The number of carbonyl (C=O) groups is 1. The van der Waals surface area contributed by atoms with Crippen LogP contribution >= 0.6 is 0 Å². The average molecular weight is 555 g/mol. The minimum Gasteiger partial charge on any atom is -0.369 e. The van der Waals surface area contributed by atoms with E-state index in [0.29, 0.717) is 50.1 Å². The number of nitrogens with zero attached hydrogens (tertiary/aromatic N) is 3. The molecule has 3 aromatic rings. The number of halogens is 1. The van der Waals surface area contributed by atoms with Crippen molar-refractivity contribution in [1.82, 2.24) is 14.3 Å². The number of nitrogens with one attached hydrogen (secondary N) is 3. The molecular formula is C28H35FN6O3S. The number of rotatable bonds is 12. The molecule has 1 fully saturated rings. The first-order chi connectivity index (χ1) is 18.9. The van der Waals surface area contributed by atoms with Gasteiger partial charge in [-0.05, 0) is 67.6 Å². The summed E-state index contributed by atoms with van der Waals surface area (Å²) in [6, 6.07) is 12.5. The number of hydrogen-bond acceptors (Lipinski definition) is 7. The van der Waals surface area contributed by atoms with Gasteiger partial charge < -0.3 is 16.0 Å². The first-order valence-corrected chi connectivity index (χ1v) is 14.8. The van der Waals surface area contributed by atoms with Gasteiger partial charge in [-0.15, -0.1) is 0 Å². The largest absolute Gasteiger partial charge is 0.369 e. The minimum absolute atomic E-state index is 0.205. The number of hydrogen-bond donors (Lipinski definition) is 3. The molecule has 0 radical (unpaired) electrons. The maximum absolute atomic E-state index is 13.2. The van der Waals surface area contributed by atoms with Crippen LogP contribution in [0.4, 0.5) is 21.8 Å². The third kappa shape index (κ3) is 7.73. The smallest absolute Gasteiger partial charge is 0.260 e. The van der Waals surface area contributed by atoms with Crippen LogP contribution in [-0.4, -0.2) is 54.8 Å². The van der Waals surface area contributed by atoms with Crippen molar-refractivity contribution in [3.8, 4) is 0 Å². The minimum atomic E-state index is -3.55. The van der Waals surface area contributed by atoms with Crippen LogP contribution in [0.3, 0.4) is 0 Å². The van der Waals surface area contributed by atoms with E-state index >= 15 is 0 Å². The SMILES string of the molecule is CCCCNc1ncc(C(=O)Nc2ccc(S(=O)(=O)N3CCCCC3)cc2)c(NCCc2ccc(F)cc2)n1. The summed E-state index contributed by atoms with van der Waals surface area (Å²) in [5.41, 5.74) is 1.66. The molecule has 39 heavy (non-hydrogen) atoms. The van der Waals surface area contributed by atoms with Gasteiger partial charge in [0.1, 0.15) is 17.2 Å². The molecule has 2 heterocycles. The van der Waals surface area contributed by atoms with Gasteiger partial charge in [0.05, 0.1) is 4.90 Å². The lowest BCUT2D eigenvalue weighted by molar-refractivity contribution is 0.102. The van der Waals surface area contributed by atoms with Crippen LogP contribution in [0.25, 0.3) is 0 Å². The first-order valence-electron chi connectivity index (χ1n) is 13.4. The molecule has 4 rings (SSSR count). The molecule has 0 unspecified atom stereocenters. The molecule has 0 aliphatic carbocycles. The van der Waals surface area contributed by atoms with E-state index in [9.17, 15) is 17.6 Å². The zero-order chi connectivity index (χ0) is 27.7. The number of carbonyl (C=O) groups excluding carboxylic acids is 1. The number of unbranched alkanes of at least 4 members (excludes halogenated alkanes) is 1. The summed E-state index contributed by atoms with van der Waals surface area (Å²) in [7, 11) is -3.55. The zero-order valence-electron chi connectivity index (χ0n) is 22.1. The third-order valence-corrected chi connectivity index (χ3v) is 8.44. The molecule has 9 nitrogen and oxygen atoms in total. The number of sulfonamides is 1. The van der Waals surface area contributed by atoms with E-state index in [-0.39, 0.29) is 16.3 Å². The van der Waals surface area contributed by atoms with E-state index in [2.05, 4.69) is 32.8 Å². The van der Waals surface area contributed by atoms with Crippen LogP contribution < -0.4 is 16.0 Å². The molecule has 1 aromatic heterocycles. The molecule has 2 aromatic carbocycles. The van der Waals surface area contributed by atoms with E-state index < -0.39 is 15.9 Å². The van der Waals surface area contributed by atoms with Crippen molar-refractivity contribution in [3.05, 3.63) is 71.7 Å². The Labute approximate surface area is 229 Å². The fraction of sp³-hybridized carbons (Fsp3) is 0.393. The highest BCUT2D eigenvalue weighted by atomic mass is 32.2. The van der Waals surface area contributed by atoms with Gasteiger partial charge in [0.15, 0.2) is 0 Å². The second-order valence-corrected chi connectivity index (χ2v) is 11.4. The van der Waals surface area contributed by atoms with E-state index in [1.807, 2.05) is 0 Å². The molecule has 0 saturated carbocycles. The lowest BCUT2D eigenvalue weighted by Crippen LogP contribution is -2.35. The number of piperidine rings is 1. The lowest BCUT2D eigenvalue weighted by Gasteiger charge is -2.25. The van der Waals surface area contributed by atoms with E-state index in [4.69, 9.17) is 0 Å². The number of anilines is 3. The quantitative estimate of drug-likeness (QED) is 0.273. The predicted molar refractivity (Wildman–Crippen MR) is 151 cm³/mol. The summed E-state index contributed by atoms with van der Waals surface area (Å²) >= 11 is 0. The fourth-order valence-corrected chi connectivity index (χ4v) is 5.80. The van der Waals surface area contributed by atoms with E-state index in [1.54, 1.807) is 24.3 Å². The highest BCUT2D eigenvalue weighted by molar-refractivity contribution is 7.89. The van der Waals surface area contributed by atoms with Crippen LogP contribution in [0.15, 0.2) is 59.6 Å². The Morgan fingerprint density at radius 1 is 0.974 bits per heavy atom. The summed E-state index contributed by atoms with van der Waals surface area (Å²) in [6.45, 7) is 4.33. The molecule has 1 aliphatic rings. The van der Waals surface area contributed by atoms with Gasteiger partial charge >= 0.3 is 0 Å². The summed E-state index contributed by atoms with van der Waals surface area (Å²) < 4.78 is 40.6. The van der Waals surface area contributed by atoms with E-state index in [1.165, 1.54) is 34.8 Å². The van der Waals surface area contributed by atoms with Gasteiger partial charge in [0.25, 0.3) is 5.91 Å². The molecule has 0 spiro atoms. The highest BCUT2D eigenvalue weighted by Crippen LogP contribution is 2.23. The molecule has 1 aliphatic heterocycles. The second kappa shape index (κ2) is 13.5. The summed E-state index contributed by atoms with van der Waals surface area (Å²) in [6.07, 6.45) is 6.82. The maximum Gasteiger partial charge on any atom is 0.260 e. The van der Waals surface area contributed by atoms with Gasteiger partial charge in [0, 0.05) is 38.1 Å². The standard InChI is InChI=1S/C28H35FN6O3S/c1-2-3-16-31-28-32-20-25(26(34-28)30-17-15-21-7-9-22(29)10-8-21)27(36)33-23-11-13-24(14-12-23)39(37,38)35-18-5-4-6-19-35/h7-14,20H,2-6,15-19H2,1H3,(H,33,36)(H2,30,31,32,34). The molecule has 1 saturated heterocycles. The fourth-order valence-electron chi connectivity index (χ4n) is 4.28. The van der Waals surface area contributed by atoms with E-state index in [0.717, 1.165) is 37.7 Å². The third-order valence-electron chi connectivity index (χ3n) is 6.53. The maximum atomic E-state index is 13.2.